The number of nitrogens with zero attached hydrogens (tertiary/aromatic N) is 1. The molecule has 1 heterocycles. The number of hydrogen-bond donors (Lipinski definition) is 2. The minimum absolute atomic E-state index is 0.00150. The molecule has 0 aliphatic heterocycles. The fourth-order valence-electron chi connectivity index (χ4n) is 3.08. The molecule has 1 aliphatic carbocycles. The number of fused-ring (bicyclic) bond motifs is 1. The van der Waals surface area contributed by atoms with Crippen LogP contribution in [0.25, 0.3) is 10.9 Å². The van der Waals surface area contributed by atoms with Crippen LogP contribution in [-0.2, 0) is 4.79 Å². The van der Waals surface area contributed by atoms with Crippen LogP contribution in [0.1, 0.15) is 31.4 Å². The van der Waals surface area contributed by atoms with E-state index in [-0.39, 0.29) is 24.1 Å². The molecule has 5 nitrogen and oxygen atoms in total. The summed E-state index contributed by atoms with van der Waals surface area (Å²) < 4.78 is 20.3. The van der Waals surface area contributed by atoms with Gasteiger partial charge >= 0.3 is 0 Å². The number of amides is 1. The summed E-state index contributed by atoms with van der Waals surface area (Å²) in [6, 6.07) is 12.6. The molecule has 29 heavy (non-hydrogen) atoms. The summed E-state index contributed by atoms with van der Waals surface area (Å²) in [6.07, 6.45) is 3.59. The van der Waals surface area contributed by atoms with Crippen LogP contribution >= 0.6 is 11.6 Å². The average Bonchev–Trinajstić information content (AvgIpc) is 3.53. The summed E-state index contributed by atoms with van der Waals surface area (Å²) in [5, 5.41) is 7.10. The predicted molar refractivity (Wildman–Crippen MR) is 112 cm³/mol. The normalized spacial score (nSPS) is 14.4. The predicted octanol–water partition coefficient (Wildman–Crippen LogP) is 4.86. The molecule has 0 bridgehead atoms. The largest absolute Gasteiger partial charge is 0.484 e. The Hall–Kier alpha value is -2.86. The lowest BCUT2D eigenvalue weighted by molar-refractivity contribution is -0.123. The van der Waals surface area contributed by atoms with Crippen LogP contribution in [0.3, 0.4) is 0 Å². The van der Waals surface area contributed by atoms with Crippen LogP contribution in [0.4, 0.5) is 10.1 Å². The van der Waals surface area contributed by atoms with Gasteiger partial charge in [0.1, 0.15) is 11.3 Å². The second-order valence-corrected chi connectivity index (χ2v) is 7.59. The number of pyridine rings is 1. The van der Waals surface area contributed by atoms with Gasteiger partial charge in [-0.05, 0) is 55.7 Å². The van der Waals surface area contributed by atoms with Crippen LogP contribution in [0, 0.1) is 5.82 Å². The molecule has 4 rings (SSSR count). The van der Waals surface area contributed by atoms with Gasteiger partial charge in [-0.2, -0.15) is 0 Å². The molecular weight excluding hydrogens is 393 g/mol. The Morgan fingerprint density at radius 3 is 2.72 bits per heavy atom. The molecule has 150 valence electrons. The van der Waals surface area contributed by atoms with Crippen molar-refractivity contribution >= 4 is 34.1 Å². The Morgan fingerprint density at radius 2 is 2.00 bits per heavy atom. The second kappa shape index (κ2) is 8.25. The zero-order chi connectivity index (χ0) is 20.4. The van der Waals surface area contributed by atoms with E-state index in [0.717, 1.165) is 18.4 Å². The summed E-state index contributed by atoms with van der Waals surface area (Å²) in [6.45, 7) is 1.94. The fraction of sp³-hybridized carbons (Fsp3) is 0.273. The van der Waals surface area contributed by atoms with Gasteiger partial charge in [-0.3, -0.25) is 9.78 Å². The summed E-state index contributed by atoms with van der Waals surface area (Å²) >= 11 is 6.11. The van der Waals surface area contributed by atoms with Gasteiger partial charge < -0.3 is 15.4 Å². The maximum Gasteiger partial charge on any atom is 0.258 e. The molecule has 1 amide bonds. The third-order valence-corrected chi connectivity index (χ3v) is 5.19. The minimum atomic E-state index is -0.432. The van der Waals surface area contributed by atoms with Crippen molar-refractivity contribution in [2.24, 2.45) is 0 Å². The Bertz CT molecular complexity index is 1040. The molecule has 1 saturated carbocycles. The Kier molecular flexibility index (Phi) is 5.53. The number of halogens is 2. The van der Waals surface area contributed by atoms with E-state index in [9.17, 15) is 9.18 Å². The highest BCUT2D eigenvalue weighted by atomic mass is 35.5. The molecule has 2 aromatic carbocycles. The van der Waals surface area contributed by atoms with Gasteiger partial charge in [-0.15, -0.1) is 0 Å². The van der Waals surface area contributed by atoms with Crippen molar-refractivity contribution in [3.63, 3.8) is 0 Å². The summed E-state index contributed by atoms with van der Waals surface area (Å²) in [5.74, 6) is 0.0770. The molecule has 7 heteroatoms. The number of anilines is 1. The summed E-state index contributed by atoms with van der Waals surface area (Å²) in [7, 11) is 0. The Morgan fingerprint density at radius 1 is 1.24 bits per heavy atom. The number of aromatic nitrogens is 1. The van der Waals surface area contributed by atoms with Crippen LogP contribution in [0.15, 0.2) is 48.7 Å². The summed E-state index contributed by atoms with van der Waals surface area (Å²) in [5.41, 5.74) is 1.55. The molecule has 1 atom stereocenters. The molecular formula is C22H21ClFN3O2. The van der Waals surface area contributed by atoms with Gasteiger partial charge in [-0.25, -0.2) is 4.39 Å². The number of carbonyl (C=O) groups excluding carboxylic acids is 1. The second-order valence-electron chi connectivity index (χ2n) is 7.18. The first-order valence-electron chi connectivity index (χ1n) is 9.52. The average molecular weight is 414 g/mol. The quantitative estimate of drug-likeness (QED) is 0.580. The first kappa shape index (κ1) is 19.5. The molecule has 1 aromatic heterocycles. The number of hydrogen-bond acceptors (Lipinski definition) is 4. The monoisotopic (exact) mass is 413 g/mol. The molecule has 2 N–H and O–H groups in total. The highest BCUT2D eigenvalue weighted by Crippen LogP contribution is 2.30. The van der Waals surface area contributed by atoms with Crippen LogP contribution < -0.4 is 15.4 Å². The van der Waals surface area contributed by atoms with Gasteiger partial charge in [0.15, 0.2) is 12.4 Å². The fourth-order valence-corrected chi connectivity index (χ4v) is 3.29. The van der Waals surface area contributed by atoms with E-state index in [1.54, 1.807) is 30.3 Å². The standard InChI is InChI=1S/C22H21ClFN3O2/c1-13(26-19-9-8-17-18(23)10-11-25-22(17)21(19)24)14-2-6-16(7-3-14)29-12-20(28)27-15-4-5-15/h2-3,6-11,13,15,26H,4-5,12H2,1H3,(H,27,28). The zero-order valence-corrected chi connectivity index (χ0v) is 16.7. The number of nitrogens with one attached hydrogen (secondary N) is 2. The Balaban J connectivity index is 1.40. The first-order valence-corrected chi connectivity index (χ1v) is 9.90. The lowest BCUT2D eigenvalue weighted by atomic mass is 10.1. The molecule has 0 saturated heterocycles. The van der Waals surface area contributed by atoms with Crippen molar-refractivity contribution in [1.29, 1.82) is 0 Å². The van der Waals surface area contributed by atoms with Crippen molar-refractivity contribution in [3.05, 3.63) is 65.1 Å². The van der Waals surface area contributed by atoms with Crippen molar-refractivity contribution in [2.75, 3.05) is 11.9 Å². The number of ether oxygens (including phenoxy) is 1. The lowest BCUT2D eigenvalue weighted by Crippen LogP contribution is -2.30. The molecule has 1 fully saturated rings. The van der Waals surface area contributed by atoms with E-state index in [4.69, 9.17) is 16.3 Å². The van der Waals surface area contributed by atoms with Crippen molar-refractivity contribution in [3.8, 4) is 5.75 Å². The van der Waals surface area contributed by atoms with Crippen LogP contribution in [0.2, 0.25) is 5.02 Å². The molecule has 3 aromatic rings. The minimum Gasteiger partial charge on any atom is -0.484 e. The van der Waals surface area contributed by atoms with Crippen LogP contribution in [0.5, 0.6) is 5.75 Å². The molecule has 1 aliphatic rings. The maximum atomic E-state index is 14.8. The smallest absolute Gasteiger partial charge is 0.258 e. The van der Waals surface area contributed by atoms with Gasteiger partial charge in [0.05, 0.1) is 10.7 Å². The van der Waals surface area contributed by atoms with Crippen molar-refractivity contribution in [2.45, 2.75) is 31.8 Å². The van der Waals surface area contributed by atoms with Crippen molar-refractivity contribution < 1.29 is 13.9 Å². The van der Waals surface area contributed by atoms with Crippen molar-refractivity contribution in [1.82, 2.24) is 10.3 Å². The topological polar surface area (TPSA) is 63.3 Å². The first-order chi connectivity index (χ1) is 14.0. The lowest BCUT2D eigenvalue weighted by Gasteiger charge is -2.17. The van der Waals surface area contributed by atoms with Gasteiger partial charge in [0, 0.05) is 23.7 Å². The van der Waals surface area contributed by atoms with E-state index in [1.807, 2.05) is 19.1 Å². The SMILES string of the molecule is CC(Nc1ccc2c(Cl)ccnc2c1F)c1ccc(OCC(=O)NC2CC2)cc1. The maximum absolute atomic E-state index is 14.8. The van der Waals surface area contributed by atoms with E-state index in [1.165, 1.54) is 6.20 Å². The number of benzene rings is 2. The zero-order valence-electron chi connectivity index (χ0n) is 15.9. The van der Waals surface area contributed by atoms with Gasteiger partial charge in [-0.1, -0.05) is 23.7 Å². The third kappa shape index (κ3) is 4.59. The Labute approximate surface area is 173 Å². The molecule has 0 spiro atoms. The highest BCUT2D eigenvalue weighted by Gasteiger charge is 2.23. The third-order valence-electron chi connectivity index (χ3n) is 4.86. The van der Waals surface area contributed by atoms with Crippen LogP contribution in [-0.4, -0.2) is 23.5 Å². The van der Waals surface area contributed by atoms with E-state index < -0.39 is 5.82 Å². The van der Waals surface area contributed by atoms with Gasteiger partial charge in [0.25, 0.3) is 5.91 Å². The molecule has 0 radical (unpaired) electrons. The highest BCUT2D eigenvalue weighted by molar-refractivity contribution is 6.35. The van der Waals surface area contributed by atoms with Gasteiger partial charge in [0.2, 0.25) is 0 Å². The number of rotatable bonds is 7. The summed E-state index contributed by atoms with van der Waals surface area (Å²) in [4.78, 5) is 15.8. The number of carbonyl (C=O) groups is 1. The molecule has 1 unspecified atom stereocenters. The van der Waals surface area contributed by atoms with E-state index in [2.05, 4.69) is 15.6 Å². The van der Waals surface area contributed by atoms with E-state index in [0.29, 0.717) is 27.9 Å². The van der Waals surface area contributed by atoms with E-state index >= 15 is 0 Å².